The third kappa shape index (κ3) is 4.38. The first kappa shape index (κ1) is 12.1. The molecule has 15 heavy (non-hydrogen) atoms. The Balaban J connectivity index is 2.39. The standard InChI is InChI=1S/C11H19N3O/c1-14(9-11(6-12)15-2)8-10-4-3-5-13-7-10/h3-5,7,11H,6,8-9,12H2,1-2H3. The molecule has 2 N–H and O–H groups in total. The lowest BCUT2D eigenvalue weighted by Gasteiger charge is -2.21. The van der Waals surface area contributed by atoms with Crippen LogP contribution in [0.1, 0.15) is 5.56 Å². The quantitative estimate of drug-likeness (QED) is 0.740. The van der Waals surface area contributed by atoms with Gasteiger partial charge in [-0.05, 0) is 18.7 Å². The Hall–Kier alpha value is -0.970. The van der Waals surface area contributed by atoms with Gasteiger partial charge in [0.05, 0.1) is 6.10 Å². The molecule has 4 heteroatoms. The number of nitrogens with zero attached hydrogens (tertiary/aromatic N) is 2. The van der Waals surface area contributed by atoms with Gasteiger partial charge in [0.25, 0.3) is 0 Å². The maximum Gasteiger partial charge on any atom is 0.0820 e. The van der Waals surface area contributed by atoms with Crippen LogP contribution < -0.4 is 5.73 Å². The fourth-order valence-corrected chi connectivity index (χ4v) is 1.46. The molecule has 0 spiro atoms. The van der Waals surface area contributed by atoms with Crippen LogP contribution in [0.15, 0.2) is 24.5 Å². The van der Waals surface area contributed by atoms with Gasteiger partial charge in [-0.15, -0.1) is 0 Å². The molecule has 1 aromatic rings. The van der Waals surface area contributed by atoms with E-state index in [9.17, 15) is 0 Å². The van der Waals surface area contributed by atoms with Crippen LogP contribution in [0.25, 0.3) is 0 Å². The van der Waals surface area contributed by atoms with Crippen molar-refractivity contribution in [3.8, 4) is 0 Å². The van der Waals surface area contributed by atoms with Gasteiger partial charge in [-0.2, -0.15) is 0 Å². The zero-order valence-corrected chi connectivity index (χ0v) is 9.39. The number of methoxy groups -OCH3 is 1. The minimum atomic E-state index is 0.103. The number of nitrogens with two attached hydrogens (primary N) is 1. The normalized spacial score (nSPS) is 13.1. The molecule has 0 aromatic carbocycles. The highest BCUT2D eigenvalue weighted by Gasteiger charge is 2.08. The van der Waals surface area contributed by atoms with Crippen LogP contribution in [0.3, 0.4) is 0 Å². The van der Waals surface area contributed by atoms with Crippen molar-refractivity contribution in [2.75, 3.05) is 27.2 Å². The van der Waals surface area contributed by atoms with Crippen LogP contribution >= 0.6 is 0 Å². The molecule has 0 saturated heterocycles. The van der Waals surface area contributed by atoms with Crippen molar-refractivity contribution in [1.29, 1.82) is 0 Å². The molecular formula is C11H19N3O. The van der Waals surface area contributed by atoms with Crippen molar-refractivity contribution in [1.82, 2.24) is 9.88 Å². The molecule has 1 heterocycles. The molecule has 84 valence electrons. The Labute approximate surface area is 91.1 Å². The van der Waals surface area contributed by atoms with Crippen LogP contribution in [0.2, 0.25) is 0 Å². The van der Waals surface area contributed by atoms with Crippen LogP contribution in [-0.4, -0.2) is 43.2 Å². The number of aromatic nitrogens is 1. The molecule has 0 fully saturated rings. The summed E-state index contributed by atoms with van der Waals surface area (Å²) in [4.78, 5) is 6.25. The lowest BCUT2D eigenvalue weighted by molar-refractivity contribution is 0.0761. The summed E-state index contributed by atoms with van der Waals surface area (Å²) in [5.41, 5.74) is 6.76. The smallest absolute Gasteiger partial charge is 0.0820 e. The van der Waals surface area contributed by atoms with E-state index in [-0.39, 0.29) is 6.10 Å². The topological polar surface area (TPSA) is 51.4 Å². The molecule has 0 aliphatic carbocycles. The summed E-state index contributed by atoms with van der Waals surface area (Å²) in [6, 6.07) is 4.01. The Kier molecular flexibility index (Phi) is 5.25. The molecule has 0 aliphatic rings. The van der Waals surface area contributed by atoms with E-state index in [2.05, 4.69) is 23.0 Å². The zero-order valence-electron chi connectivity index (χ0n) is 9.39. The molecule has 1 unspecified atom stereocenters. The first-order valence-corrected chi connectivity index (χ1v) is 5.06. The molecule has 0 aliphatic heterocycles. The Bertz CT molecular complexity index is 262. The number of pyridine rings is 1. The van der Waals surface area contributed by atoms with E-state index >= 15 is 0 Å². The second-order valence-electron chi connectivity index (χ2n) is 3.65. The molecule has 0 amide bonds. The van der Waals surface area contributed by atoms with E-state index in [4.69, 9.17) is 10.5 Å². The summed E-state index contributed by atoms with van der Waals surface area (Å²) in [6.45, 7) is 2.25. The van der Waals surface area contributed by atoms with Crippen LogP contribution in [0, 0.1) is 0 Å². The van der Waals surface area contributed by atoms with Crippen molar-refractivity contribution >= 4 is 0 Å². The van der Waals surface area contributed by atoms with Crippen molar-refractivity contribution < 1.29 is 4.74 Å². The first-order chi connectivity index (χ1) is 7.26. The molecule has 0 radical (unpaired) electrons. The van der Waals surface area contributed by atoms with Gasteiger partial charge < -0.3 is 10.5 Å². The van der Waals surface area contributed by atoms with Gasteiger partial charge in [0.2, 0.25) is 0 Å². The number of likely N-dealkylation sites (N-methyl/N-ethyl adjacent to an activating group) is 1. The highest BCUT2D eigenvalue weighted by molar-refractivity contribution is 5.07. The lowest BCUT2D eigenvalue weighted by Crippen LogP contribution is -2.35. The summed E-state index contributed by atoms with van der Waals surface area (Å²) in [7, 11) is 3.74. The van der Waals surface area contributed by atoms with Crippen molar-refractivity contribution in [3.63, 3.8) is 0 Å². The van der Waals surface area contributed by atoms with E-state index in [1.54, 1.807) is 13.3 Å². The van der Waals surface area contributed by atoms with Crippen LogP contribution in [0.5, 0.6) is 0 Å². The number of hydrogen-bond acceptors (Lipinski definition) is 4. The largest absolute Gasteiger partial charge is 0.379 e. The van der Waals surface area contributed by atoms with E-state index < -0.39 is 0 Å². The second-order valence-corrected chi connectivity index (χ2v) is 3.65. The summed E-state index contributed by atoms with van der Waals surface area (Å²) in [5.74, 6) is 0. The van der Waals surface area contributed by atoms with E-state index in [1.807, 2.05) is 12.3 Å². The van der Waals surface area contributed by atoms with Gasteiger partial charge >= 0.3 is 0 Å². The highest BCUT2D eigenvalue weighted by Crippen LogP contribution is 2.01. The third-order valence-electron chi connectivity index (χ3n) is 2.29. The van der Waals surface area contributed by atoms with Crippen molar-refractivity contribution in [2.45, 2.75) is 12.6 Å². The average Bonchev–Trinajstić information content (AvgIpc) is 2.27. The van der Waals surface area contributed by atoms with Crippen LogP contribution in [0.4, 0.5) is 0 Å². The van der Waals surface area contributed by atoms with Crippen molar-refractivity contribution in [2.24, 2.45) is 5.73 Å². The fraction of sp³-hybridized carbons (Fsp3) is 0.545. The number of hydrogen-bond donors (Lipinski definition) is 1. The Morgan fingerprint density at radius 2 is 2.40 bits per heavy atom. The summed E-state index contributed by atoms with van der Waals surface area (Å²) in [6.07, 6.45) is 3.76. The van der Waals surface area contributed by atoms with Gasteiger partial charge in [0, 0.05) is 39.1 Å². The molecule has 1 rings (SSSR count). The van der Waals surface area contributed by atoms with Crippen molar-refractivity contribution in [3.05, 3.63) is 30.1 Å². The third-order valence-corrected chi connectivity index (χ3v) is 2.29. The predicted octanol–water partition coefficient (Wildman–Crippen LogP) is 0.487. The van der Waals surface area contributed by atoms with Gasteiger partial charge in [0.1, 0.15) is 0 Å². The van der Waals surface area contributed by atoms with Gasteiger partial charge in [-0.25, -0.2) is 0 Å². The summed E-state index contributed by atoms with van der Waals surface area (Å²) in [5, 5.41) is 0. The average molecular weight is 209 g/mol. The molecule has 1 atom stereocenters. The molecule has 4 nitrogen and oxygen atoms in total. The highest BCUT2D eigenvalue weighted by atomic mass is 16.5. The fourth-order valence-electron chi connectivity index (χ4n) is 1.46. The predicted molar refractivity (Wildman–Crippen MR) is 60.4 cm³/mol. The first-order valence-electron chi connectivity index (χ1n) is 5.06. The molecular weight excluding hydrogens is 190 g/mol. The monoisotopic (exact) mass is 209 g/mol. The number of ether oxygens (including phenoxy) is 1. The minimum absolute atomic E-state index is 0.103. The molecule has 1 aromatic heterocycles. The van der Waals surface area contributed by atoms with E-state index in [0.29, 0.717) is 6.54 Å². The van der Waals surface area contributed by atoms with Gasteiger partial charge in [0.15, 0.2) is 0 Å². The Morgan fingerprint density at radius 3 is 2.93 bits per heavy atom. The maximum atomic E-state index is 5.56. The van der Waals surface area contributed by atoms with Gasteiger partial charge in [-0.1, -0.05) is 6.07 Å². The molecule has 0 bridgehead atoms. The van der Waals surface area contributed by atoms with E-state index in [0.717, 1.165) is 13.1 Å². The van der Waals surface area contributed by atoms with Gasteiger partial charge in [-0.3, -0.25) is 9.88 Å². The lowest BCUT2D eigenvalue weighted by atomic mass is 10.2. The summed E-state index contributed by atoms with van der Waals surface area (Å²) >= 11 is 0. The number of rotatable bonds is 6. The zero-order chi connectivity index (χ0) is 11.1. The molecule has 0 saturated carbocycles. The Morgan fingerprint density at radius 1 is 1.60 bits per heavy atom. The minimum Gasteiger partial charge on any atom is -0.379 e. The second kappa shape index (κ2) is 6.50. The van der Waals surface area contributed by atoms with Crippen LogP contribution in [-0.2, 0) is 11.3 Å². The maximum absolute atomic E-state index is 5.56. The summed E-state index contributed by atoms with van der Waals surface area (Å²) < 4.78 is 5.23. The van der Waals surface area contributed by atoms with E-state index in [1.165, 1.54) is 5.56 Å². The SMILES string of the molecule is COC(CN)CN(C)Cc1cccnc1.